The highest BCUT2D eigenvalue weighted by Gasteiger charge is 1.92. The fraction of sp³-hybridized carbons (Fsp3) is 0.800. The van der Waals surface area contributed by atoms with E-state index in [1.165, 1.54) is 51.4 Å². The maximum absolute atomic E-state index is 10.2. The van der Waals surface area contributed by atoms with Crippen LogP contribution in [0.1, 0.15) is 77.6 Å². The molecule has 0 aliphatic rings. The highest BCUT2D eigenvalue weighted by atomic mass is 16.4. The number of rotatable bonds is 12. The molecule has 17 heavy (non-hydrogen) atoms. The lowest BCUT2D eigenvalue weighted by Gasteiger charge is -1.99. The molecule has 0 rings (SSSR count). The maximum atomic E-state index is 10.2. The van der Waals surface area contributed by atoms with Crippen LogP contribution in [0.5, 0.6) is 0 Å². The molecule has 0 bridgehead atoms. The van der Waals surface area contributed by atoms with Gasteiger partial charge >= 0.3 is 5.97 Å². The second-order valence-corrected chi connectivity index (χ2v) is 4.67. The van der Waals surface area contributed by atoms with Crippen LogP contribution in [0.4, 0.5) is 0 Å². The van der Waals surface area contributed by atoms with Crippen LogP contribution in [0.3, 0.4) is 0 Å². The summed E-state index contributed by atoms with van der Waals surface area (Å²) in [6, 6.07) is 0. The van der Waals surface area contributed by atoms with Crippen molar-refractivity contribution in [3.63, 3.8) is 0 Å². The number of carboxylic acids is 1. The largest absolute Gasteiger partial charge is 0.481 e. The Hall–Kier alpha value is -0.790. The average molecular weight is 240 g/mol. The van der Waals surface area contributed by atoms with Crippen molar-refractivity contribution in [2.24, 2.45) is 0 Å². The molecule has 0 unspecified atom stereocenters. The molecule has 0 aromatic carbocycles. The first-order chi connectivity index (χ1) is 8.27. The van der Waals surface area contributed by atoms with E-state index in [4.69, 9.17) is 5.11 Å². The zero-order valence-corrected chi connectivity index (χ0v) is 11.3. The summed E-state index contributed by atoms with van der Waals surface area (Å²) in [6.07, 6.45) is 16.9. The van der Waals surface area contributed by atoms with Crippen molar-refractivity contribution >= 4 is 5.97 Å². The van der Waals surface area contributed by atoms with Gasteiger partial charge in [-0.3, -0.25) is 4.79 Å². The topological polar surface area (TPSA) is 37.3 Å². The molecule has 2 nitrogen and oxygen atoms in total. The minimum atomic E-state index is -0.707. The second kappa shape index (κ2) is 13.3. The molecule has 0 aliphatic carbocycles. The van der Waals surface area contributed by atoms with E-state index in [1.54, 1.807) is 0 Å². The summed E-state index contributed by atoms with van der Waals surface area (Å²) in [5.41, 5.74) is 0. The molecule has 0 atom stereocenters. The van der Waals surface area contributed by atoms with E-state index < -0.39 is 5.97 Å². The molecule has 0 aliphatic heterocycles. The van der Waals surface area contributed by atoms with Gasteiger partial charge in [-0.25, -0.2) is 0 Å². The number of hydrogen-bond acceptors (Lipinski definition) is 1. The third-order valence-corrected chi connectivity index (χ3v) is 2.92. The molecule has 100 valence electrons. The van der Waals surface area contributed by atoms with Crippen molar-refractivity contribution in [3.8, 4) is 0 Å². The molecule has 0 saturated heterocycles. The SMILES string of the molecule is CCCCCCCCCC/C=C\CCC(=O)O. The number of carboxylic acid groups (broad SMARTS) is 1. The van der Waals surface area contributed by atoms with E-state index in [0.29, 0.717) is 6.42 Å². The van der Waals surface area contributed by atoms with Gasteiger partial charge in [0, 0.05) is 6.42 Å². The summed E-state index contributed by atoms with van der Waals surface area (Å²) < 4.78 is 0. The molecular formula is C15H28O2. The lowest BCUT2D eigenvalue weighted by atomic mass is 10.1. The van der Waals surface area contributed by atoms with E-state index >= 15 is 0 Å². The van der Waals surface area contributed by atoms with Crippen molar-refractivity contribution in [3.05, 3.63) is 12.2 Å². The predicted octanol–water partition coefficient (Wildman–Crippen LogP) is 4.94. The Labute approximate surface area is 106 Å². The molecule has 0 radical (unpaired) electrons. The predicted molar refractivity (Wildman–Crippen MR) is 73.2 cm³/mol. The van der Waals surface area contributed by atoms with Gasteiger partial charge in [0.25, 0.3) is 0 Å². The van der Waals surface area contributed by atoms with Gasteiger partial charge in [0.15, 0.2) is 0 Å². The maximum Gasteiger partial charge on any atom is 0.303 e. The molecule has 0 aromatic heterocycles. The molecular weight excluding hydrogens is 212 g/mol. The molecule has 1 N–H and O–H groups in total. The minimum absolute atomic E-state index is 0.258. The van der Waals surface area contributed by atoms with Crippen LogP contribution in [-0.4, -0.2) is 11.1 Å². The third kappa shape index (κ3) is 15.2. The Morgan fingerprint density at radius 2 is 1.41 bits per heavy atom. The summed E-state index contributed by atoms with van der Waals surface area (Å²) in [4.78, 5) is 10.2. The van der Waals surface area contributed by atoms with Gasteiger partial charge in [-0.2, -0.15) is 0 Å². The summed E-state index contributed by atoms with van der Waals surface area (Å²) in [7, 11) is 0. The Bertz CT molecular complexity index is 197. The Morgan fingerprint density at radius 1 is 0.882 bits per heavy atom. The van der Waals surface area contributed by atoms with Crippen LogP contribution < -0.4 is 0 Å². The number of allylic oxidation sites excluding steroid dienone is 2. The van der Waals surface area contributed by atoms with Gasteiger partial charge in [-0.15, -0.1) is 0 Å². The number of unbranched alkanes of at least 4 members (excludes halogenated alkanes) is 8. The number of hydrogen-bond donors (Lipinski definition) is 1. The van der Waals surface area contributed by atoms with E-state index in [9.17, 15) is 4.79 Å². The first kappa shape index (κ1) is 16.2. The van der Waals surface area contributed by atoms with Gasteiger partial charge in [-0.1, -0.05) is 64.0 Å². The molecule has 0 amide bonds. The summed E-state index contributed by atoms with van der Waals surface area (Å²) >= 11 is 0. The lowest BCUT2D eigenvalue weighted by Crippen LogP contribution is -1.91. The van der Waals surface area contributed by atoms with Gasteiger partial charge in [0.05, 0.1) is 0 Å². The second-order valence-electron chi connectivity index (χ2n) is 4.67. The van der Waals surface area contributed by atoms with Crippen molar-refractivity contribution in [1.82, 2.24) is 0 Å². The van der Waals surface area contributed by atoms with Crippen LogP contribution in [0, 0.1) is 0 Å². The first-order valence-corrected chi connectivity index (χ1v) is 7.14. The van der Waals surface area contributed by atoms with Crippen LogP contribution in [0.15, 0.2) is 12.2 Å². The highest BCUT2D eigenvalue weighted by Crippen LogP contribution is 2.09. The van der Waals surface area contributed by atoms with Gasteiger partial charge in [0.1, 0.15) is 0 Å². The van der Waals surface area contributed by atoms with Crippen molar-refractivity contribution in [2.45, 2.75) is 77.6 Å². The molecule has 0 saturated carbocycles. The summed E-state index contributed by atoms with van der Waals surface area (Å²) in [5.74, 6) is -0.707. The van der Waals surface area contributed by atoms with Crippen molar-refractivity contribution < 1.29 is 9.90 Å². The number of aliphatic carboxylic acids is 1. The Balaban J connectivity index is 3.05. The van der Waals surface area contributed by atoms with Crippen LogP contribution in [-0.2, 0) is 4.79 Å². The summed E-state index contributed by atoms with van der Waals surface area (Å²) in [5, 5.41) is 8.44. The fourth-order valence-corrected chi connectivity index (χ4v) is 1.84. The zero-order valence-electron chi connectivity index (χ0n) is 11.3. The minimum Gasteiger partial charge on any atom is -0.481 e. The van der Waals surface area contributed by atoms with E-state index in [0.717, 1.165) is 6.42 Å². The van der Waals surface area contributed by atoms with Gasteiger partial charge in [-0.05, 0) is 19.3 Å². The summed E-state index contributed by atoms with van der Waals surface area (Å²) in [6.45, 7) is 2.25. The smallest absolute Gasteiger partial charge is 0.303 e. The van der Waals surface area contributed by atoms with E-state index in [1.807, 2.05) is 6.08 Å². The monoisotopic (exact) mass is 240 g/mol. The fourth-order valence-electron chi connectivity index (χ4n) is 1.84. The van der Waals surface area contributed by atoms with Crippen LogP contribution in [0.25, 0.3) is 0 Å². The molecule has 0 heterocycles. The highest BCUT2D eigenvalue weighted by molar-refractivity contribution is 5.66. The molecule has 0 aromatic rings. The van der Waals surface area contributed by atoms with Crippen LogP contribution >= 0.6 is 0 Å². The van der Waals surface area contributed by atoms with E-state index in [2.05, 4.69) is 13.0 Å². The van der Waals surface area contributed by atoms with Crippen LogP contribution in [0.2, 0.25) is 0 Å². The Morgan fingerprint density at radius 3 is 2.00 bits per heavy atom. The standard InChI is InChI=1S/C15H28O2/c1-2-3-4-5-6-7-8-9-10-11-12-13-14-15(16)17/h11-12H,2-10,13-14H2,1H3,(H,16,17)/b12-11-. The Kier molecular flexibility index (Phi) is 12.7. The zero-order chi connectivity index (χ0) is 12.8. The first-order valence-electron chi connectivity index (χ1n) is 7.14. The average Bonchev–Trinajstić information content (AvgIpc) is 2.30. The van der Waals surface area contributed by atoms with E-state index in [-0.39, 0.29) is 6.42 Å². The quantitative estimate of drug-likeness (QED) is 0.387. The lowest BCUT2D eigenvalue weighted by molar-refractivity contribution is -0.136. The van der Waals surface area contributed by atoms with Crippen molar-refractivity contribution in [2.75, 3.05) is 0 Å². The molecule has 2 heteroatoms. The third-order valence-electron chi connectivity index (χ3n) is 2.92. The number of carbonyl (C=O) groups is 1. The normalized spacial score (nSPS) is 11.1. The van der Waals surface area contributed by atoms with Gasteiger partial charge in [0.2, 0.25) is 0 Å². The van der Waals surface area contributed by atoms with Crippen molar-refractivity contribution in [1.29, 1.82) is 0 Å². The molecule has 0 spiro atoms. The molecule has 0 fully saturated rings. The van der Waals surface area contributed by atoms with Gasteiger partial charge < -0.3 is 5.11 Å².